The molecule has 26 heavy (non-hydrogen) atoms. The predicted octanol–water partition coefficient (Wildman–Crippen LogP) is 3.75. The number of nitrogens with one attached hydrogen (secondary N) is 1. The van der Waals surface area contributed by atoms with Crippen LogP contribution in [-0.4, -0.2) is 17.9 Å². The second-order valence-corrected chi connectivity index (χ2v) is 7.90. The van der Waals surface area contributed by atoms with Gasteiger partial charge in [-0.1, -0.05) is 12.1 Å². The van der Waals surface area contributed by atoms with Gasteiger partial charge in [0.15, 0.2) is 6.10 Å². The molecule has 1 aliphatic carbocycles. The van der Waals surface area contributed by atoms with E-state index < -0.39 is 12.0 Å². The molecule has 2 amide bonds. The lowest BCUT2D eigenvalue weighted by Crippen LogP contribution is -2.31. The highest BCUT2D eigenvalue weighted by atomic mass is 32.1. The Bertz CT molecular complexity index is 857. The van der Waals surface area contributed by atoms with Crippen LogP contribution in [0.1, 0.15) is 51.7 Å². The summed E-state index contributed by atoms with van der Waals surface area (Å²) >= 11 is 1.46. The third-order valence-electron chi connectivity index (χ3n) is 4.67. The number of thiophene rings is 1. The van der Waals surface area contributed by atoms with Crippen molar-refractivity contribution in [3.63, 3.8) is 0 Å². The quantitative estimate of drug-likeness (QED) is 0.839. The Morgan fingerprint density at radius 3 is 2.69 bits per heavy atom. The molecule has 1 aliphatic rings. The summed E-state index contributed by atoms with van der Waals surface area (Å²) in [5, 5.41) is 3.40. The minimum atomic E-state index is -0.685. The summed E-state index contributed by atoms with van der Waals surface area (Å²) in [5.41, 5.74) is 9.10. The van der Waals surface area contributed by atoms with Crippen molar-refractivity contribution < 1.29 is 14.3 Å². The lowest BCUT2D eigenvalue weighted by Gasteiger charge is -2.16. The van der Waals surface area contributed by atoms with E-state index in [4.69, 9.17) is 10.5 Å². The number of ether oxygens (including phenoxy) is 1. The number of hydrogen-bond donors (Lipinski definition) is 2. The zero-order valence-corrected chi connectivity index (χ0v) is 16.2. The number of nitrogens with two attached hydrogens (primary N) is 1. The van der Waals surface area contributed by atoms with Crippen LogP contribution >= 0.6 is 11.3 Å². The van der Waals surface area contributed by atoms with Gasteiger partial charge in [-0.05, 0) is 69.2 Å². The summed E-state index contributed by atoms with van der Waals surface area (Å²) in [4.78, 5) is 25.7. The zero-order chi connectivity index (χ0) is 18.8. The molecule has 5 nitrogen and oxygen atoms in total. The maximum absolute atomic E-state index is 12.6. The van der Waals surface area contributed by atoms with E-state index >= 15 is 0 Å². The molecule has 0 saturated carbocycles. The molecule has 1 atom stereocenters. The summed E-state index contributed by atoms with van der Waals surface area (Å²) in [5.74, 6) is -0.0805. The molecule has 3 rings (SSSR count). The number of hydrogen-bond acceptors (Lipinski definition) is 4. The van der Waals surface area contributed by atoms with Gasteiger partial charge in [0.25, 0.3) is 11.8 Å². The Morgan fingerprint density at radius 2 is 1.96 bits per heavy atom. The van der Waals surface area contributed by atoms with Crippen LogP contribution < -0.4 is 15.8 Å². The number of benzene rings is 1. The van der Waals surface area contributed by atoms with Gasteiger partial charge >= 0.3 is 0 Å². The lowest BCUT2D eigenvalue weighted by atomic mass is 9.95. The smallest absolute Gasteiger partial charge is 0.265 e. The minimum absolute atomic E-state index is 0.285. The number of primary amides is 1. The van der Waals surface area contributed by atoms with E-state index in [9.17, 15) is 9.59 Å². The second-order valence-electron chi connectivity index (χ2n) is 6.80. The van der Waals surface area contributed by atoms with Crippen molar-refractivity contribution in [2.24, 2.45) is 5.73 Å². The van der Waals surface area contributed by atoms with E-state index in [1.165, 1.54) is 11.3 Å². The van der Waals surface area contributed by atoms with Gasteiger partial charge in [-0.2, -0.15) is 0 Å². The molecule has 3 N–H and O–H groups in total. The first-order chi connectivity index (χ1) is 12.4. The lowest BCUT2D eigenvalue weighted by molar-refractivity contribution is -0.122. The molecular formula is C20H24N2O3S. The SMILES string of the molecule is Cc1ccc(C)c(O[C@H](C)C(=O)Nc2sc3c(c2C(N)=O)CCCC3)c1. The number of amides is 2. The molecule has 0 radical (unpaired) electrons. The van der Waals surface area contributed by atoms with Crippen molar-refractivity contribution in [1.29, 1.82) is 0 Å². The van der Waals surface area contributed by atoms with Crippen LogP contribution in [-0.2, 0) is 17.6 Å². The topological polar surface area (TPSA) is 81.4 Å². The molecule has 0 unspecified atom stereocenters. The Balaban J connectivity index is 1.78. The monoisotopic (exact) mass is 372 g/mol. The first-order valence-corrected chi connectivity index (χ1v) is 9.67. The second kappa shape index (κ2) is 7.50. The van der Waals surface area contributed by atoms with Crippen molar-refractivity contribution in [2.75, 3.05) is 5.32 Å². The molecule has 0 fully saturated rings. The molecule has 138 valence electrons. The summed E-state index contributed by atoms with van der Waals surface area (Å²) in [6.07, 6.45) is 3.24. The molecule has 0 aliphatic heterocycles. The number of carbonyl (C=O) groups is 2. The van der Waals surface area contributed by atoms with Gasteiger partial charge in [-0.25, -0.2) is 0 Å². The summed E-state index contributed by atoms with van der Waals surface area (Å²) in [6.45, 7) is 5.62. The van der Waals surface area contributed by atoms with Gasteiger partial charge in [-0.15, -0.1) is 11.3 Å². The fourth-order valence-electron chi connectivity index (χ4n) is 3.21. The largest absolute Gasteiger partial charge is 0.481 e. The predicted molar refractivity (Wildman–Crippen MR) is 104 cm³/mol. The Hall–Kier alpha value is -2.34. The van der Waals surface area contributed by atoms with E-state index in [1.54, 1.807) is 6.92 Å². The van der Waals surface area contributed by atoms with Crippen LogP contribution in [0.2, 0.25) is 0 Å². The summed E-state index contributed by atoms with van der Waals surface area (Å²) in [7, 11) is 0. The molecule has 2 aromatic rings. The van der Waals surface area contributed by atoms with Crippen LogP contribution in [0.4, 0.5) is 5.00 Å². The molecule has 1 heterocycles. The molecule has 6 heteroatoms. The van der Waals surface area contributed by atoms with Gasteiger partial charge in [0.05, 0.1) is 5.56 Å². The highest BCUT2D eigenvalue weighted by Crippen LogP contribution is 2.38. The molecular weight excluding hydrogens is 348 g/mol. The van der Waals surface area contributed by atoms with Crippen molar-refractivity contribution >= 4 is 28.2 Å². The van der Waals surface area contributed by atoms with Gasteiger partial charge in [0, 0.05) is 4.88 Å². The highest BCUT2D eigenvalue weighted by molar-refractivity contribution is 7.17. The van der Waals surface area contributed by atoms with Gasteiger partial charge in [-0.3, -0.25) is 9.59 Å². The third-order valence-corrected chi connectivity index (χ3v) is 5.88. The summed E-state index contributed by atoms with van der Waals surface area (Å²) in [6, 6.07) is 5.88. The number of anilines is 1. The summed E-state index contributed by atoms with van der Waals surface area (Å²) < 4.78 is 5.84. The normalized spacial score (nSPS) is 14.4. The van der Waals surface area contributed by atoms with Gasteiger partial charge < -0.3 is 15.8 Å². The van der Waals surface area contributed by atoms with Crippen LogP contribution in [0.5, 0.6) is 5.75 Å². The number of fused-ring (bicyclic) bond motifs is 1. The van der Waals surface area contributed by atoms with E-state index in [0.717, 1.165) is 47.3 Å². The molecule has 0 spiro atoms. The van der Waals surface area contributed by atoms with Crippen molar-refractivity contribution in [3.8, 4) is 5.75 Å². The first-order valence-electron chi connectivity index (χ1n) is 8.86. The van der Waals surface area contributed by atoms with Crippen LogP contribution in [0.25, 0.3) is 0 Å². The zero-order valence-electron chi connectivity index (χ0n) is 15.3. The Morgan fingerprint density at radius 1 is 1.23 bits per heavy atom. The van der Waals surface area contributed by atoms with E-state index in [2.05, 4.69) is 5.32 Å². The Labute approximate surface area is 157 Å². The van der Waals surface area contributed by atoms with Crippen LogP contribution in [0.15, 0.2) is 18.2 Å². The van der Waals surface area contributed by atoms with Crippen molar-refractivity contribution in [3.05, 3.63) is 45.3 Å². The first kappa shape index (κ1) is 18.5. The van der Waals surface area contributed by atoms with Gasteiger partial charge in [0.1, 0.15) is 10.8 Å². The molecule has 0 saturated heterocycles. The standard InChI is InChI=1S/C20H24N2O3S/c1-11-8-9-12(2)15(10-11)25-13(3)19(24)22-20-17(18(21)23)14-6-4-5-7-16(14)26-20/h8-10,13H,4-7H2,1-3H3,(H2,21,23)(H,22,24)/t13-/m1/s1. The van der Waals surface area contributed by atoms with Gasteiger partial charge in [0.2, 0.25) is 0 Å². The van der Waals surface area contributed by atoms with E-state index in [-0.39, 0.29) is 5.91 Å². The van der Waals surface area contributed by atoms with E-state index in [0.29, 0.717) is 16.3 Å². The van der Waals surface area contributed by atoms with Crippen LogP contribution in [0.3, 0.4) is 0 Å². The third kappa shape index (κ3) is 3.75. The highest BCUT2D eigenvalue weighted by Gasteiger charge is 2.26. The van der Waals surface area contributed by atoms with Crippen molar-refractivity contribution in [2.45, 2.75) is 52.6 Å². The number of carbonyl (C=O) groups excluding carboxylic acids is 2. The molecule has 1 aromatic carbocycles. The fourth-order valence-corrected chi connectivity index (χ4v) is 4.50. The van der Waals surface area contributed by atoms with E-state index in [1.807, 2.05) is 32.0 Å². The van der Waals surface area contributed by atoms with Crippen LogP contribution in [0, 0.1) is 13.8 Å². The maximum Gasteiger partial charge on any atom is 0.265 e. The van der Waals surface area contributed by atoms with Crippen molar-refractivity contribution in [1.82, 2.24) is 0 Å². The molecule has 0 bridgehead atoms. The Kier molecular flexibility index (Phi) is 5.32. The maximum atomic E-state index is 12.6. The minimum Gasteiger partial charge on any atom is -0.481 e. The number of rotatable bonds is 5. The molecule has 1 aromatic heterocycles. The average molecular weight is 372 g/mol. The average Bonchev–Trinajstić information content (AvgIpc) is 2.96. The fraction of sp³-hybridized carbons (Fsp3) is 0.400. The number of aryl methyl sites for hydroxylation is 3.